The average Bonchev–Trinajstić information content (AvgIpc) is 2.26. The number of hydrogen-bond donors (Lipinski definition) is 3. The summed E-state index contributed by atoms with van der Waals surface area (Å²) < 4.78 is 0. The van der Waals surface area contributed by atoms with Gasteiger partial charge < -0.3 is 10.7 Å². The van der Waals surface area contributed by atoms with Crippen LogP contribution in [0.25, 0.3) is 0 Å². The Morgan fingerprint density at radius 3 is 2.44 bits per heavy atom. The molecule has 0 unspecified atom stereocenters. The lowest BCUT2D eigenvalue weighted by Crippen LogP contribution is -2.15. The van der Waals surface area contributed by atoms with Gasteiger partial charge in [0.2, 0.25) is 0 Å². The van der Waals surface area contributed by atoms with E-state index >= 15 is 0 Å². The van der Waals surface area contributed by atoms with Crippen molar-refractivity contribution in [1.29, 1.82) is 0 Å². The molecule has 6 heteroatoms. The van der Waals surface area contributed by atoms with Crippen LogP contribution in [0, 0.1) is 15.5 Å². The van der Waals surface area contributed by atoms with Crippen LogP contribution in [0.1, 0.15) is 27.2 Å². The zero-order valence-corrected chi connectivity index (χ0v) is 11.0. The van der Waals surface area contributed by atoms with E-state index in [0.717, 1.165) is 6.42 Å². The van der Waals surface area contributed by atoms with Crippen LogP contribution >= 0.6 is 0 Å². The smallest absolute Gasteiger partial charge is 0.316 e. The summed E-state index contributed by atoms with van der Waals surface area (Å²) in [6.07, 6.45) is 0.921. The Morgan fingerprint density at radius 1 is 1.33 bits per heavy atom. The number of nitrogen functional groups attached to an aromatic ring is 1. The van der Waals surface area contributed by atoms with Crippen molar-refractivity contribution in [2.75, 3.05) is 17.3 Å². The highest BCUT2D eigenvalue weighted by Crippen LogP contribution is 2.32. The molecule has 1 rings (SSSR count). The molecule has 0 aliphatic carbocycles. The van der Waals surface area contributed by atoms with Crippen molar-refractivity contribution in [2.45, 2.75) is 27.2 Å². The van der Waals surface area contributed by atoms with Crippen LogP contribution in [0.2, 0.25) is 0 Å². The highest BCUT2D eigenvalue weighted by molar-refractivity contribution is 5.75. The summed E-state index contributed by atoms with van der Waals surface area (Å²) in [5, 5.41) is 14.1. The Balaban J connectivity index is 2.85. The first-order valence-electron chi connectivity index (χ1n) is 5.83. The summed E-state index contributed by atoms with van der Waals surface area (Å²) in [6.45, 7) is 7.06. The number of nitrogens with one attached hydrogen (secondary N) is 2. The molecule has 0 fully saturated rings. The number of hydrazine groups is 1. The molecular weight excluding hydrogens is 232 g/mol. The number of rotatable bonds is 5. The molecule has 0 radical (unpaired) electrons. The second-order valence-electron chi connectivity index (χ2n) is 5.34. The number of benzene rings is 1. The van der Waals surface area contributed by atoms with E-state index < -0.39 is 4.92 Å². The molecule has 0 saturated heterocycles. The summed E-state index contributed by atoms with van der Waals surface area (Å²) in [6, 6.07) is 4.98. The van der Waals surface area contributed by atoms with Gasteiger partial charge >= 0.3 is 5.69 Å². The first kappa shape index (κ1) is 14.2. The number of nitrogens with zero attached hydrogens (tertiary/aromatic N) is 1. The molecule has 0 amide bonds. The fourth-order valence-electron chi connectivity index (χ4n) is 1.57. The zero-order chi connectivity index (χ0) is 13.8. The Morgan fingerprint density at radius 2 is 1.94 bits per heavy atom. The molecule has 0 saturated carbocycles. The van der Waals surface area contributed by atoms with Crippen LogP contribution in [0.3, 0.4) is 0 Å². The van der Waals surface area contributed by atoms with E-state index in [1.807, 2.05) is 0 Å². The van der Waals surface area contributed by atoms with E-state index in [0.29, 0.717) is 17.9 Å². The number of nitro benzene ring substituents is 1. The number of nitrogens with two attached hydrogens (primary N) is 1. The lowest BCUT2D eigenvalue weighted by Gasteiger charge is -2.18. The Hall–Kier alpha value is -1.82. The molecule has 6 nitrogen and oxygen atoms in total. The van der Waals surface area contributed by atoms with Crippen LogP contribution in [0.15, 0.2) is 18.2 Å². The van der Waals surface area contributed by atoms with Gasteiger partial charge in [-0.25, -0.2) is 0 Å². The molecule has 0 aliphatic heterocycles. The van der Waals surface area contributed by atoms with Crippen molar-refractivity contribution < 1.29 is 4.92 Å². The van der Waals surface area contributed by atoms with Crippen molar-refractivity contribution in [3.05, 3.63) is 28.3 Å². The van der Waals surface area contributed by atoms with Gasteiger partial charge in [0.1, 0.15) is 11.4 Å². The molecule has 0 atom stereocenters. The first-order chi connectivity index (χ1) is 8.35. The van der Waals surface area contributed by atoms with Crippen LogP contribution < -0.4 is 16.6 Å². The molecule has 0 aliphatic rings. The van der Waals surface area contributed by atoms with Crippen molar-refractivity contribution in [1.82, 2.24) is 0 Å². The molecule has 1 aromatic carbocycles. The van der Waals surface area contributed by atoms with Crippen LogP contribution in [-0.4, -0.2) is 11.5 Å². The van der Waals surface area contributed by atoms with Gasteiger partial charge in [-0.1, -0.05) is 26.8 Å². The summed E-state index contributed by atoms with van der Waals surface area (Å²) in [5.74, 6) is 5.27. The average molecular weight is 252 g/mol. The predicted molar refractivity (Wildman–Crippen MR) is 73.5 cm³/mol. The van der Waals surface area contributed by atoms with Gasteiger partial charge in [0.25, 0.3) is 0 Å². The Labute approximate surface area is 107 Å². The maximum absolute atomic E-state index is 11.0. The third-order valence-electron chi connectivity index (χ3n) is 2.56. The highest BCUT2D eigenvalue weighted by atomic mass is 16.6. The molecule has 0 heterocycles. The van der Waals surface area contributed by atoms with E-state index in [4.69, 9.17) is 5.84 Å². The summed E-state index contributed by atoms with van der Waals surface area (Å²) >= 11 is 0. The monoisotopic (exact) mass is 252 g/mol. The predicted octanol–water partition coefficient (Wildman–Crippen LogP) is 2.73. The minimum absolute atomic E-state index is 0.0195. The first-order valence-corrected chi connectivity index (χ1v) is 5.83. The normalized spacial score (nSPS) is 11.1. The molecule has 0 spiro atoms. The van der Waals surface area contributed by atoms with Crippen molar-refractivity contribution in [2.24, 2.45) is 11.3 Å². The van der Waals surface area contributed by atoms with Gasteiger partial charge in [-0.05, 0) is 24.0 Å². The number of hydrogen-bond acceptors (Lipinski definition) is 5. The fraction of sp³-hybridized carbons (Fsp3) is 0.500. The molecule has 100 valence electrons. The van der Waals surface area contributed by atoms with Gasteiger partial charge in [-0.2, -0.15) is 0 Å². The largest absolute Gasteiger partial charge is 0.379 e. The Kier molecular flexibility index (Phi) is 4.49. The van der Waals surface area contributed by atoms with Crippen molar-refractivity contribution in [3.8, 4) is 0 Å². The molecular formula is C12H20N4O2. The molecule has 1 aromatic rings. The van der Waals surface area contributed by atoms with Gasteiger partial charge in [0.15, 0.2) is 0 Å². The SMILES string of the molecule is CC(C)(C)CCNc1cccc(NN)c1[N+](=O)[O-]. The van der Waals surface area contributed by atoms with Crippen molar-refractivity contribution >= 4 is 17.1 Å². The van der Waals surface area contributed by atoms with Gasteiger partial charge in [0, 0.05) is 6.54 Å². The van der Waals surface area contributed by atoms with E-state index in [2.05, 4.69) is 31.5 Å². The van der Waals surface area contributed by atoms with Crippen molar-refractivity contribution in [3.63, 3.8) is 0 Å². The highest BCUT2D eigenvalue weighted by Gasteiger charge is 2.19. The second kappa shape index (κ2) is 5.68. The minimum Gasteiger partial charge on any atom is -0.379 e. The third-order valence-corrected chi connectivity index (χ3v) is 2.56. The lowest BCUT2D eigenvalue weighted by atomic mass is 9.92. The second-order valence-corrected chi connectivity index (χ2v) is 5.34. The number of nitro groups is 1. The van der Waals surface area contributed by atoms with Crippen LogP contribution in [-0.2, 0) is 0 Å². The number of anilines is 2. The molecule has 18 heavy (non-hydrogen) atoms. The quantitative estimate of drug-likeness (QED) is 0.425. The van der Waals surface area contributed by atoms with E-state index in [1.54, 1.807) is 18.2 Å². The maximum atomic E-state index is 11.0. The van der Waals surface area contributed by atoms with E-state index in [9.17, 15) is 10.1 Å². The maximum Gasteiger partial charge on any atom is 0.316 e. The number of para-hydroxylation sites is 1. The van der Waals surface area contributed by atoms with Crippen LogP contribution in [0.4, 0.5) is 17.1 Å². The van der Waals surface area contributed by atoms with Gasteiger partial charge in [-0.15, -0.1) is 0 Å². The van der Waals surface area contributed by atoms with E-state index in [1.165, 1.54) is 0 Å². The zero-order valence-electron chi connectivity index (χ0n) is 11.0. The standard InChI is InChI=1S/C12H20N4O2/c1-12(2,3)7-8-14-9-5-4-6-10(15-13)11(9)16(17)18/h4-6,14-15H,7-8,13H2,1-3H3. The fourth-order valence-corrected chi connectivity index (χ4v) is 1.57. The topological polar surface area (TPSA) is 93.2 Å². The summed E-state index contributed by atoms with van der Waals surface area (Å²) in [4.78, 5) is 10.6. The summed E-state index contributed by atoms with van der Waals surface area (Å²) in [7, 11) is 0. The Bertz CT molecular complexity index is 427. The molecule has 4 N–H and O–H groups in total. The van der Waals surface area contributed by atoms with Gasteiger partial charge in [-0.3, -0.25) is 16.0 Å². The molecule has 0 aromatic heterocycles. The molecule has 0 bridgehead atoms. The summed E-state index contributed by atoms with van der Waals surface area (Å²) in [5.41, 5.74) is 3.30. The van der Waals surface area contributed by atoms with Gasteiger partial charge in [0.05, 0.1) is 4.92 Å². The van der Waals surface area contributed by atoms with E-state index in [-0.39, 0.29) is 11.1 Å². The lowest BCUT2D eigenvalue weighted by molar-refractivity contribution is -0.383. The minimum atomic E-state index is -0.436. The third kappa shape index (κ3) is 3.89. The van der Waals surface area contributed by atoms with Crippen LogP contribution in [0.5, 0.6) is 0 Å².